The summed E-state index contributed by atoms with van der Waals surface area (Å²) in [6.07, 6.45) is 4.23. The van der Waals surface area contributed by atoms with E-state index in [-0.39, 0.29) is 23.2 Å². The molecule has 3 unspecified atom stereocenters. The number of hydrogen-bond acceptors (Lipinski definition) is 2. The van der Waals surface area contributed by atoms with E-state index in [0.717, 1.165) is 25.7 Å². The molecule has 1 amide bonds. The Morgan fingerprint density at radius 3 is 2.33 bits per heavy atom. The van der Waals surface area contributed by atoms with E-state index in [1.165, 1.54) is 0 Å². The molecule has 4 nitrogen and oxygen atoms in total. The van der Waals surface area contributed by atoms with Gasteiger partial charge in [0.05, 0.1) is 0 Å². The van der Waals surface area contributed by atoms with Crippen molar-refractivity contribution in [3.63, 3.8) is 0 Å². The van der Waals surface area contributed by atoms with Gasteiger partial charge in [-0.25, -0.2) is 4.79 Å². The molecule has 0 bridgehead atoms. The highest BCUT2D eigenvalue weighted by Gasteiger charge is 2.54. The third-order valence-corrected chi connectivity index (χ3v) is 4.86. The van der Waals surface area contributed by atoms with Crippen molar-refractivity contribution in [2.45, 2.75) is 58.4 Å². The zero-order chi connectivity index (χ0) is 13.6. The van der Waals surface area contributed by atoms with Crippen molar-refractivity contribution in [1.29, 1.82) is 0 Å². The van der Waals surface area contributed by atoms with Crippen LogP contribution in [-0.4, -0.2) is 22.5 Å². The fourth-order valence-corrected chi connectivity index (χ4v) is 3.13. The van der Waals surface area contributed by atoms with Gasteiger partial charge in [-0.1, -0.05) is 33.6 Å². The number of amides is 1. The first-order valence-corrected chi connectivity index (χ1v) is 6.85. The van der Waals surface area contributed by atoms with Crippen LogP contribution in [0.4, 0.5) is 0 Å². The molecule has 4 heteroatoms. The minimum Gasteiger partial charge on any atom is -0.479 e. The maximum atomic E-state index is 12.2. The van der Waals surface area contributed by atoms with Crippen LogP contribution >= 0.6 is 0 Å². The fourth-order valence-electron chi connectivity index (χ4n) is 3.13. The number of carboxylic acid groups (broad SMARTS) is 1. The second-order valence-corrected chi connectivity index (χ2v) is 6.66. The summed E-state index contributed by atoms with van der Waals surface area (Å²) in [7, 11) is 0. The van der Waals surface area contributed by atoms with Crippen LogP contribution in [-0.2, 0) is 9.59 Å². The highest BCUT2D eigenvalue weighted by molar-refractivity contribution is 5.90. The second kappa shape index (κ2) is 4.25. The first kappa shape index (κ1) is 13.4. The molecule has 102 valence electrons. The molecule has 0 radical (unpaired) electrons. The molecule has 2 aliphatic rings. The van der Waals surface area contributed by atoms with E-state index in [4.69, 9.17) is 0 Å². The van der Waals surface area contributed by atoms with Crippen LogP contribution in [0.5, 0.6) is 0 Å². The van der Waals surface area contributed by atoms with Crippen LogP contribution in [0.25, 0.3) is 0 Å². The van der Waals surface area contributed by atoms with Crippen LogP contribution in [0.3, 0.4) is 0 Å². The summed E-state index contributed by atoms with van der Waals surface area (Å²) in [5, 5.41) is 12.4. The Balaban J connectivity index is 2.11. The lowest BCUT2D eigenvalue weighted by Crippen LogP contribution is -2.60. The molecule has 2 saturated carbocycles. The Morgan fingerprint density at radius 1 is 1.28 bits per heavy atom. The predicted molar refractivity (Wildman–Crippen MR) is 68.0 cm³/mol. The third kappa shape index (κ3) is 2.13. The van der Waals surface area contributed by atoms with E-state index in [2.05, 4.69) is 19.2 Å². The number of nitrogens with one attached hydrogen (secondary N) is 1. The summed E-state index contributed by atoms with van der Waals surface area (Å²) in [5.74, 6) is -0.949. The minimum atomic E-state index is -1.03. The van der Waals surface area contributed by atoms with Gasteiger partial charge in [0, 0.05) is 5.92 Å². The van der Waals surface area contributed by atoms with Crippen molar-refractivity contribution in [3.8, 4) is 0 Å². The summed E-state index contributed by atoms with van der Waals surface area (Å²) in [6.45, 7) is 6.04. The van der Waals surface area contributed by atoms with Crippen LogP contribution in [0.15, 0.2) is 0 Å². The average molecular weight is 253 g/mol. The van der Waals surface area contributed by atoms with Gasteiger partial charge in [0.1, 0.15) is 5.54 Å². The second-order valence-electron chi connectivity index (χ2n) is 6.66. The highest BCUT2D eigenvalue weighted by Crippen LogP contribution is 2.52. The molecule has 2 aliphatic carbocycles. The smallest absolute Gasteiger partial charge is 0.329 e. The summed E-state index contributed by atoms with van der Waals surface area (Å²) in [5.41, 5.74) is -0.990. The van der Waals surface area contributed by atoms with Crippen molar-refractivity contribution in [2.24, 2.45) is 17.3 Å². The van der Waals surface area contributed by atoms with E-state index >= 15 is 0 Å². The first-order chi connectivity index (χ1) is 8.29. The molecular weight excluding hydrogens is 230 g/mol. The van der Waals surface area contributed by atoms with Crippen molar-refractivity contribution >= 4 is 11.9 Å². The summed E-state index contributed by atoms with van der Waals surface area (Å²) < 4.78 is 0. The van der Waals surface area contributed by atoms with Gasteiger partial charge in [-0.3, -0.25) is 4.79 Å². The number of carboxylic acids is 1. The molecule has 0 aromatic carbocycles. The van der Waals surface area contributed by atoms with E-state index < -0.39 is 11.5 Å². The minimum absolute atomic E-state index is 0.00885. The molecule has 0 spiro atoms. The van der Waals surface area contributed by atoms with Gasteiger partial charge in [0.25, 0.3) is 0 Å². The molecule has 0 aromatic rings. The van der Waals surface area contributed by atoms with Gasteiger partial charge in [0.15, 0.2) is 0 Å². The number of carbonyl (C=O) groups excluding carboxylic acids is 1. The number of hydrogen-bond donors (Lipinski definition) is 2. The van der Waals surface area contributed by atoms with E-state index in [0.29, 0.717) is 6.42 Å². The topological polar surface area (TPSA) is 66.4 Å². The number of aliphatic carboxylic acids is 1. The Bertz CT molecular complexity index is 377. The van der Waals surface area contributed by atoms with Crippen LogP contribution in [0, 0.1) is 17.3 Å². The van der Waals surface area contributed by atoms with Gasteiger partial charge in [-0.05, 0) is 30.6 Å². The van der Waals surface area contributed by atoms with Gasteiger partial charge in [0.2, 0.25) is 5.91 Å². The normalized spacial score (nSPS) is 37.9. The van der Waals surface area contributed by atoms with Crippen molar-refractivity contribution < 1.29 is 14.7 Å². The van der Waals surface area contributed by atoms with Crippen LogP contribution < -0.4 is 5.32 Å². The van der Waals surface area contributed by atoms with Gasteiger partial charge in [-0.15, -0.1) is 0 Å². The first-order valence-electron chi connectivity index (χ1n) is 6.85. The number of carbonyl (C=O) groups is 2. The zero-order valence-corrected chi connectivity index (χ0v) is 11.5. The third-order valence-electron chi connectivity index (χ3n) is 4.86. The summed E-state index contributed by atoms with van der Waals surface area (Å²) in [6, 6.07) is 0. The van der Waals surface area contributed by atoms with Gasteiger partial charge < -0.3 is 10.4 Å². The molecule has 2 rings (SSSR count). The maximum absolute atomic E-state index is 12.2. The molecule has 2 N–H and O–H groups in total. The van der Waals surface area contributed by atoms with Gasteiger partial charge >= 0.3 is 5.97 Å². The molecule has 3 atom stereocenters. The van der Waals surface area contributed by atoms with Gasteiger partial charge in [-0.2, -0.15) is 0 Å². The van der Waals surface area contributed by atoms with Crippen molar-refractivity contribution in [3.05, 3.63) is 0 Å². The largest absolute Gasteiger partial charge is 0.479 e. The lowest BCUT2D eigenvalue weighted by atomic mass is 9.73. The maximum Gasteiger partial charge on any atom is 0.329 e. The van der Waals surface area contributed by atoms with Crippen molar-refractivity contribution in [2.75, 3.05) is 0 Å². The number of rotatable bonds is 3. The van der Waals surface area contributed by atoms with Crippen LogP contribution in [0.2, 0.25) is 0 Å². The standard InChI is InChI=1S/C14H23NO3/c1-9-6-4-5-7-14(9,12(17)18)15-11(16)10-8-13(10,2)3/h9-10H,4-8H2,1-3H3,(H,15,16)(H,17,18). The molecule has 0 aromatic heterocycles. The summed E-state index contributed by atoms with van der Waals surface area (Å²) in [4.78, 5) is 23.8. The molecule has 0 heterocycles. The lowest BCUT2D eigenvalue weighted by Gasteiger charge is -2.39. The zero-order valence-electron chi connectivity index (χ0n) is 11.5. The molecular formula is C14H23NO3. The highest BCUT2D eigenvalue weighted by atomic mass is 16.4. The average Bonchev–Trinajstić information content (AvgIpc) is 2.91. The monoisotopic (exact) mass is 253 g/mol. The molecule has 2 fully saturated rings. The fraction of sp³-hybridized carbons (Fsp3) is 0.857. The molecule has 0 saturated heterocycles. The SMILES string of the molecule is CC1CCCCC1(NC(=O)C1CC1(C)C)C(=O)O. The molecule has 18 heavy (non-hydrogen) atoms. The quantitative estimate of drug-likeness (QED) is 0.810. The Morgan fingerprint density at radius 2 is 1.89 bits per heavy atom. The van der Waals surface area contributed by atoms with Crippen LogP contribution in [0.1, 0.15) is 52.9 Å². The predicted octanol–water partition coefficient (Wildman–Crippen LogP) is 2.18. The Labute approximate surface area is 108 Å². The Hall–Kier alpha value is -1.06. The van der Waals surface area contributed by atoms with E-state index in [1.807, 2.05) is 6.92 Å². The Kier molecular flexibility index (Phi) is 3.16. The van der Waals surface area contributed by atoms with E-state index in [1.54, 1.807) is 0 Å². The molecule has 0 aliphatic heterocycles. The summed E-state index contributed by atoms with van der Waals surface area (Å²) >= 11 is 0. The van der Waals surface area contributed by atoms with E-state index in [9.17, 15) is 14.7 Å². The lowest BCUT2D eigenvalue weighted by molar-refractivity contribution is -0.152. The van der Waals surface area contributed by atoms with Crippen molar-refractivity contribution in [1.82, 2.24) is 5.32 Å².